The molecule has 1 saturated heterocycles. The van der Waals surface area contributed by atoms with E-state index in [0.717, 1.165) is 25.9 Å². The topological polar surface area (TPSA) is 53.0 Å². The van der Waals surface area contributed by atoms with Gasteiger partial charge in [0, 0.05) is 19.2 Å². The summed E-state index contributed by atoms with van der Waals surface area (Å²) < 4.78 is 5.23. The number of piperidine rings is 1. The minimum atomic E-state index is -0.860. The Hall–Kier alpha value is -0.650. The Bertz CT molecular complexity index is 238. The van der Waals surface area contributed by atoms with E-state index in [4.69, 9.17) is 9.84 Å². The maximum Gasteiger partial charge on any atom is 0.334 e. The van der Waals surface area contributed by atoms with Gasteiger partial charge >= 0.3 is 5.97 Å². The lowest BCUT2D eigenvalue weighted by molar-refractivity contribution is -0.151. The molecule has 1 aliphatic rings. The van der Waals surface area contributed by atoms with Crippen LogP contribution in [0, 0.1) is 0 Å². The summed E-state index contributed by atoms with van der Waals surface area (Å²) in [5, 5.41) is 9.02. The monoisotopic (exact) mass is 244 g/mol. The molecule has 0 aromatic rings. The molecule has 1 heterocycles. The van der Waals surface area contributed by atoms with Gasteiger partial charge in [0.1, 0.15) is 0 Å². The van der Waals surface area contributed by atoms with E-state index in [1.165, 1.54) is 0 Å². The van der Waals surface area contributed by atoms with Gasteiger partial charge in [0.2, 0.25) is 0 Å². The second kappa shape index (κ2) is 6.93. The van der Waals surface area contributed by atoms with E-state index in [-0.39, 0.29) is 0 Å². The molecule has 0 saturated carbocycles. The third-order valence-electron chi connectivity index (χ3n) is 3.35. The normalized spacial score (nSPS) is 20.7. The number of carboxylic acids is 1. The predicted molar refractivity (Wildman–Crippen MR) is 66.2 cm³/mol. The fourth-order valence-corrected chi connectivity index (χ4v) is 2.26. The van der Waals surface area contributed by atoms with Crippen LogP contribution in [0.15, 0.2) is 0 Å². The van der Waals surface area contributed by atoms with E-state index < -0.39 is 12.1 Å². The number of rotatable bonds is 6. The van der Waals surface area contributed by atoms with Crippen molar-refractivity contribution in [2.24, 2.45) is 0 Å². The molecule has 0 aromatic carbocycles. The first-order chi connectivity index (χ1) is 8.04. The van der Waals surface area contributed by atoms with Crippen LogP contribution in [0.1, 0.15) is 19.8 Å². The van der Waals surface area contributed by atoms with Crippen LogP contribution in [0.3, 0.4) is 0 Å². The first kappa shape index (κ1) is 14.4. The van der Waals surface area contributed by atoms with Crippen molar-refractivity contribution >= 4 is 5.97 Å². The highest BCUT2D eigenvalue weighted by atomic mass is 16.5. The molecule has 0 radical (unpaired) electrons. The summed E-state index contributed by atoms with van der Waals surface area (Å²) >= 11 is 0. The molecule has 1 rings (SSSR count). The Morgan fingerprint density at radius 3 is 2.47 bits per heavy atom. The minimum Gasteiger partial charge on any atom is -0.479 e. The molecule has 1 aliphatic heterocycles. The molecule has 1 atom stereocenters. The van der Waals surface area contributed by atoms with Crippen molar-refractivity contribution in [2.45, 2.75) is 31.9 Å². The molecule has 0 bridgehead atoms. The maximum absolute atomic E-state index is 11.0. The lowest BCUT2D eigenvalue weighted by Crippen LogP contribution is -2.46. The van der Waals surface area contributed by atoms with Crippen LogP contribution in [-0.2, 0) is 9.53 Å². The lowest BCUT2D eigenvalue weighted by atomic mass is 10.0. The van der Waals surface area contributed by atoms with Gasteiger partial charge < -0.3 is 19.6 Å². The molecule has 0 spiro atoms. The summed E-state index contributed by atoms with van der Waals surface area (Å²) in [4.78, 5) is 15.4. The minimum absolute atomic E-state index is 0.450. The third kappa shape index (κ3) is 4.61. The zero-order valence-corrected chi connectivity index (χ0v) is 11.1. The fourth-order valence-electron chi connectivity index (χ4n) is 2.26. The van der Waals surface area contributed by atoms with E-state index in [1.54, 1.807) is 0 Å². The summed E-state index contributed by atoms with van der Waals surface area (Å²) in [6.45, 7) is 4.70. The Labute approximate surface area is 103 Å². The molecule has 5 nitrogen and oxygen atoms in total. The Kier molecular flexibility index (Phi) is 5.88. The van der Waals surface area contributed by atoms with E-state index in [2.05, 4.69) is 23.9 Å². The molecule has 0 amide bonds. The van der Waals surface area contributed by atoms with Crippen LogP contribution < -0.4 is 0 Å². The van der Waals surface area contributed by atoms with Gasteiger partial charge in [-0.1, -0.05) is 0 Å². The molecule has 5 heteroatoms. The molecule has 17 heavy (non-hydrogen) atoms. The van der Waals surface area contributed by atoms with Gasteiger partial charge in [0.15, 0.2) is 6.10 Å². The van der Waals surface area contributed by atoms with E-state index in [0.29, 0.717) is 19.2 Å². The molecule has 1 unspecified atom stereocenters. The highest BCUT2D eigenvalue weighted by molar-refractivity contribution is 5.72. The number of likely N-dealkylation sites (tertiary alicyclic amines) is 1. The summed E-state index contributed by atoms with van der Waals surface area (Å²) in [5.41, 5.74) is 0. The van der Waals surface area contributed by atoms with Crippen molar-refractivity contribution in [1.29, 1.82) is 0 Å². The quantitative estimate of drug-likeness (QED) is 0.737. The molecule has 0 aliphatic carbocycles. The predicted octanol–water partition coefficient (Wildman–Crippen LogP) is 0.502. The molecule has 100 valence electrons. The molecular formula is C12H24N2O3. The van der Waals surface area contributed by atoms with Crippen molar-refractivity contribution in [3.8, 4) is 0 Å². The lowest BCUT2D eigenvalue weighted by Gasteiger charge is -2.36. The van der Waals surface area contributed by atoms with Gasteiger partial charge in [-0.2, -0.15) is 0 Å². The standard InChI is InChI=1S/C12H24N2O3/c1-4-17-11(12(15)16)9-14-7-5-10(6-8-14)13(2)3/h10-11H,4-9H2,1-3H3,(H,15,16). The number of hydrogen-bond donors (Lipinski definition) is 1. The van der Waals surface area contributed by atoms with Gasteiger partial charge in [-0.05, 0) is 47.0 Å². The first-order valence-electron chi connectivity index (χ1n) is 6.27. The van der Waals surface area contributed by atoms with Crippen LogP contribution >= 0.6 is 0 Å². The average molecular weight is 244 g/mol. The number of ether oxygens (including phenoxy) is 1. The van der Waals surface area contributed by atoms with Crippen LogP contribution in [0.2, 0.25) is 0 Å². The van der Waals surface area contributed by atoms with E-state index in [1.807, 2.05) is 6.92 Å². The number of nitrogens with zero attached hydrogens (tertiary/aromatic N) is 2. The number of carbonyl (C=O) groups is 1. The Balaban J connectivity index is 2.35. The van der Waals surface area contributed by atoms with Crippen LogP contribution in [0.4, 0.5) is 0 Å². The SMILES string of the molecule is CCOC(CN1CCC(N(C)C)CC1)C(=O)O. The van der Waals surface area contributed by atoms with Gasteiger partial charge in [-0.25, -0.2) is 4.79 Å². The molecule has 1 fully saturated rings. The number of aliphatic carboxylic acids is 1. The summed E-state index contributed by atoms with van der Waals surface area (Å²) in [6.07, 6.45) is 1.52. The number of carboxylic acid groups (broad SMARTS) is 1. The van der Waals surface area contributed by atoms with Gasteiger partial charge in [-0.15, -0.1) is 0 Å². The van der Waals surface area contributed by atoms with Crippen molar-refractivity contribution in [3.63, 3.8) is 0 Å². The number of hydrogen-bond acceptors (Lipinski definition) is 4. The second-order valence-corrected chi connectivity index (χ2v) is 4.78. The van der Waals surface area contributed by atoms with Crippen LogP contribution in [0.5, 0.6) is 0 Å². The summed E-state index contributed by atoms with van der Waals surface area (Å²) in [6, 6.07) is 0.627. The smallest absolute Gasteiger partial charge is 0.334 e. The highest BCUT2D eigenvalue weighted by Gasteiger charge is 2.25. The highest BCUT2D eigenvalue weighted by Crippen LogP contribution is 2.14. The van der Waals surface area contributed by atoms with Gasteiger partial charge in [0.05, 0.1) is 0 Å². The summed E-state index contributed by atoms with van der Waals surface area (Å²) in [7, 11) is 4.20. The molecular weight excluding hydrogens is 220 g/mol. The summed E-state index contributed by atoms with van der Waals surface area (Å²) in [5.74, 6) is -0.860. The van der Waals surface area contributed by atoms with Crippen molar-refractivity contribution in [3.05, 3.63) is 0 Å². The molecule has 0 aromatic heterocycles. The Morgan fingerprint density at radius 1 is 1.47 bits per heavy atom. The average Bonchev–Trinajstić information content (AvgIpc) is 2.29. The first-order valence-corrected chi connectivity index (χ1v) is 6.27. The zero-order valence-electron chi connectivity index (χ0n) is 11.1. The van der Waals surface area contributed by atoms with E-state index >= 15 is 0 Å². The van der Waals surface area contributed by atoms with Crippen LogP contribution in [0.25, 0.3) is 0 Å². The van der Waals surface area contributed by atoms with Crippen molar-refractivity contribution < 1.29 is 14.6 Å². The largest absolute Gasteiger partial charge is 0.479 e. The van der Waals surface area contributed by atoms with Gasteiger partial charge in [-0.3, -0.25) is 0 Å². The Morgan fingerprint density at radius 2 is 2.06 bits per heavy atom. The fraction of sp³-hybridized carbons (Fsp3) is 0.917. The van der Waals surface area contributed by atoms with Gasteiger partial charge in [0.25, 0.3) is 0 Å². The third-order valence-corrected chi connectivity index (χ3v) is 3.35. The van der Waals surface area contributed by atoms with Crippen molar-refractivity contribution in [1.82, 2.24) is 9.80 Å². The zero-order chi connectivity index (χ0) is 12.8. The second-order valence-electron chi connectivity index (χ2n) is 4.78. The maximum atomic E-state index is 11.0. The van der Waals surface area contributed by atoms with Crippen LogP contribution in [-0.4, -0.2) is 73.4 Å². The van der Waals surface area contributed by atoms with Crippen molar-refractivity contribution in [2.75, 3.05) is 40.3 Å². The van der Waals surface area contributed by atoms with E-state index in [9.17, 15) is 4.79 Å². The molecule has 1 N–H and O–H groups in total.